The van der Waals surface area contributed by atoms with Crippen molar-refractivity contribution in [2.24, 2.45) is 11.1 Å². The lowest BCUT2D eigenvalue weighted by atomic mass is 9.91. The number of benzene rings is 2. The Kier molecular flexibility index (Phi) is 10.2. The van der Waals surface area contributed by atoms with E-state index < -0.39 is 41.3 Å². The zero-order valence-corrected chi connectivity index (χ0v) is 21.4. The number of aliphatic hydroxyl groups is 1. The molecule has 1 fully saturated rings. The van der Waals surface area contributed by atoms with Crippen molar-refractivity contribution in [3.8, 4) is 0 Å². The third-order valence-corrected chi connectivity index (χ3v) is 6.10. The van der Waals surface area contributed by atoms with Gasteiger partial charge >= 0.3 is 0 Å². The minimum absolute atomic E-state index is 0. The summed E-state index contributed by atoms with van der Waals surface area (Å²) in [7, 11) is 0. The summed E-state index contributed by atoms with van der Waals surface area (Å²) in [6.07, 6.45) is 0.695. The normalized spacial score (nSPS) is 17.3. The Morgan fingerprint density at radius 3 is 2.46 bits per heavy atom. The van der Waals surface area contributed by atoms with Gasteiger partial charge in [-0.15, -0.1) is 12.4 Å². The van der Waals surface area contributed by atoms with Crippen molar-refractivity contribution in [2.75, 3.05) is 19.6 Å². The van der Waals surface area contributed by atoms with Gasteiger partial charge in [-0.1, -0.05) is 63.2 Å². The Hall–Kier alpha value is -2.52. The van der Waals surface area contributed by atoms with Crippen LogP contribution in [0.3, 0.4) is 0 Å². The number of nitrogens with two attached hydrogens (primary N) is 1. The summed E-state index contributed by atoms with van der Waals surface area (Å²) in [6.45, 7) is 5.84. The molecule has 2 aromatic rings. The number of halogens is 1. The fourth-order valence-electron chi connectivity index (χ4n) is 4.13. The van der Waals surface area contributed by atoms with E-state index in [9.17, 15) is 19.5 Å². The summed E-state index contributed by atoms with van der Waals surface area (Å²) in [5.41, 5.74) is 5.44. The topological polar surface area (TPSA) is 125 Å². The number of hydrogen-bond acceptors (Lipinski definition) is 6. The van der Waals surface area contributed by atoms with Gasteiger partial charge in [-0.05, 0) is 35.7 Å². The van der Waals surface area contributed by atoms with Crippen LogP contribution >= 0.6 is 12.4 Å². The zero-order chi connectivity index (χ0) is 24.9. The fraction of sp³-hybridized carbons (Fsp3) is 0.500. The van der Waals surface area contributed by atoms with Gasteiger partial charge in [-0.3, -0.25) is 19.3 Å². The van der Waals surface area contributed by atoms with Crippen molar-refractivity contribution in [3.63, 3.8) is 0 Å². The number of nitrogens with zero attached hydrogens (tertiary/aromatic N) is 1. The number of nitrogens with one attached hydrogen (secondary N) is 2. The summed E-state index contributed by atoms with van der Waals surface area (Å²) in [5, 5.41) is 17.8. The second-order valence-corrected chi connectivity index (χ2v) is 9.95. The highest BCUT2D eigenvalue weighted by Gasteiger charge is 2.42. The van der Waals surface area contributed by atoms with Gasteiger partial charge in [0.15, 0.2) is 0 Å². The Balaban J connectivity index is 0.00000432. The van der Waals surface area contributed by atoms with Crippen molar-refractivity contribution >= 4 is 40.9 Å². The molecule has 3 rings (SSSR count). The van der Waals surface area contributed by atoms with Crippen LogP contribution in [-0.4, -0.2) is 65.5 Å². The molecule has 0 spiro atoms. The molecule has 8 nitrogen and oxygen atoms in total. The summed E-state index contributed by atoms with van der Waals surface area (Å²) < 4.78 is 0. The molecule has 3 amide bonds. The molecule has 35 heavy (non-hydrogen) atoms. The predicted molar refractivity (Wildman–Crippen MR) is 139 cm³/mol. The highest BCUT2D eigenvalue weighted by molar-refractivity contribution is 6.04. The molecule has 1 saturated heterocycles. The Labute approximate surface area is 213 Å². The molecule has 0 aromatic heterocycles. The second kappa shape index (κ2) is 12.4. The summed E-state index contributed by atoms with van der Waals surface area (Å²) in [5.74, 6) is -1.30. The third-order valence-electron chi connectivity index (χ3n) is 6.10. The van der Waals surface area contributed by atoms with Crippen molar-refractivity contribution in [1.29, 1.82) is 0 Å². The first kappa shape index (κ1) is 28.7. The minimum atomic E-state index is -1.06. The minimum Gasteiger partial charge on any atom is -0.390 e. The Morgan fingerprint density at radius 2 is 1.86 bits per heavy atom. The number of carbonyl (C=O) groups is 3. The van der Waals surface area contributed by atoms with E-state index >= 15 is 0 Å². The van der Waals surface area contributed by atoms with E-state index in [1.165, 1.54) is 0 Å². The van der Waals surface area contributed by atoms with Crippen LogP contribution in [0.5, 0.6) is 0 Å². The van der Waals surface area contributed by atoms with E-state index in [1.807, 2.05) is 42.5 Å². The molecule has 9 heteroatoms. The molecule has 0 saturated carbocycles. The Morgan fingerprint density at radius 1 is 1.17 bits per heavy atom. The van der Waals surface area contributed by atoms with Crippen LogP contribution in [0, 0.1) is 5.41 Å². The van der Waals surface area contributed by atoms with Crippen LogP contribution in [0.15, 0.2) is 42.5 Å². The molecule has 0 aliphatic carbocycles. The van der Waals surface area contributed by atoms with E-state index in [1.54, 1.807) is 20.8 Å². The van der Waals surface area contributed by atoms with Crippen molar-refractivity contribution in [1.82, 2.24) is 15.5 Å². The maximum atomic E-state index is 13.6. The number of imide groups is 1. The van der Waals surface area contributed by atoms with Crippen LogP contribution in [0.25, 0.3) is 10.8 Å². The fourth-order valence-corrected chi connectivity index (χ4v) is 4.13. The number of fused-ring (bicyclic) bond motifs is 1. The van der Waals surface area contributed by atoms with E-state index in [0.717, 1.165) is 27.7 Å². The van der Waals surface area contributed by atoms with E-state index in [2.05, 4.69) is 10.6 Å². The van der Waals surface area contributed by atoms with Gasteiger partial charge in [0.05, 0.1) is 12.1 Å². The Bertz CT molecular complexity index is 1030. The molecule has 192 valence electrons. The third kappa shape index (κ3) is 7.24. The molecule has 5 N–H and O–H groups in total. The number of hydrogen-bond donors (Lipinski definition) is 4. The van der Waals surface area contributed by atoms with Crippen LogP contribution < -0.4 is 16.4 Å². The molecule has 0 radical (unpaired) electrons. The molecular formula is C26H37ClN4O4. The maximum absolute atomic E-state index is 13.6. The smallest absolute Gasteiger partial charge is 0.247 e. The molecule has 3 atom stereocenters. The highest BCUT2D eigenvalue weighted by atomic mass is 35.5. The van der Waals surface area contributed by atoms with Crippen LogP contribution in [0.4, 0.5) is 0 Å². The SMILES string of the molecule is CC(C)(C)C(=O)N(C(=O)[C@@H]1CCCN1)[C@H](Cc1ccc2ccccc2c1)C(=O)NCC(O)CN.Cl. The van der Waals surface area contributed by atoms with Crippen LogP contribution in [0.1, 0.15) is 39.2 Å². The largest absolute Gasteiger partial charge is 0.390 e. The molecule has 1 aliphatic heterocycles. The van der Waals surface area contributed by atoms with Crippen molar-refractivity contribution in [3.05, 3.63) is 48.0 Å². The number of amides is 3. The monoisotopic (exact) mass is 504 g/mol. The lowest BCUT2D eigenvalue weighted by Gasteiger charge is -2.35. The lowest BCUT2D eigenvalue weighted by molar-refractivity contribution is -0.157. The molecule has 2 aromatic carbocycles. The second-order valence-electron chi connectivity index (χ2n) is 9.95. The number of carbonyl (C=O) groups excluding carboxylic acids is 3. The van der Waals surface area contributed by atoms with Gasteiger partial charge in [0.1, 0.15) is 6.04 Å². The van der Waals surface area contributed by atoms with Gasteiger partial charge < -0.3 is 21.5 Å². The van der Waals surface area contributed by atoms with Gasteiger partial charge in [0.25, 0.3) is 0 Å². The quantitative estimate of drug-likeness (QED) is 0.434. The van der Waals surface area contributed by atoms with E-state index in [4.69, 9.17) is 5.73 Å². The van der Waals surface area contributed by atoms with Gasteiger partial charge in [0, 0.05) is 24.9 Å². The molecule has 1 aliphatic rings. The summed E-state index contributed by atoms with van der Waals surface area (Å²) >= 11 is 0. The molecule has 0 bridgehead atoms. The first-order chi connectivity index (χ1) is 16.1. The van der Waals surface area contributed by atoms with E-state index in [-0.39, 0.29) is 31.9 Å². The molecular weight excluding hydrogens is 468 g/mol. The average molecular weight is 505 g/mol. The van der Waals surface area contributed by atoms with Gasteiger partial charge in [-0.2, -0.15) is 0 Å². The number of rotatable bonds is 8. The van der Waals surface area contributed by atoms with Crippen molar-refractivity contribution < 1.29 is 19.5 Å². The molecule has 1 heterocycles. The van der Waals surface area contributed by atoms with Crippen LogP contribution in [-0.2, 0) is 20.8 Å². The molecule has 1 unspecified atom stereocenters. The van der Waals surface area contributed by atoms with Gasteiger partial charge in [-0.25, -0.2) is 0 Å². The first-order valence-corrected chi connectivity index (χ1v) is 11.9. The first-order valence-electron chi connectivity index (χ1n) is 11.9. The summed E-state index contributed by atoms with van der Waals surface area (Å²) in [6, 6.07) is 12.2. The lowest BCUT2D eigenvalue weighted by Crippen LogP contribution is -2.60. The highest BCUT2D eigenvalue weighted by Crippen LogP contribution is 2.25. The van der Waals surface area contributed by atoms with E-state index in [0.29, 0.717) is 13.0 Å². The number of aliphatic hydroxyl groups excluding tert-OH is 1. The standard InChI is InChI=1S/C26H36N4O4.ClH/c1-26(2,3)25(34)30(24(33)21-9-6-12-28-21)22(23(32)29-16-20(31)15-27)14-17-10-11-18-7-4-5-8-19(18)13-17;/h4-5,7-8,10-11,13,20-22,28,31H,6,9,12,14-16,27H2,1-3H3,(H,29,32);1H/t20?,21-,22+;/m0./s1. The maximum Gasteiger partial charge on any atom is 0.247 e. The average Bonchev–Trinajstić information content (AvgIpc) is 3.36. The predicted octanol–water partition coefficient (Wildman–Crippen LogP) is 1.76. The zero-order valence-electron chi connectivity index (χ0n) is 20.6. The van der Waals surface area contributed by atoms with Crippen molar-refractivity contribution in [2.45, 2.75) is 58.2 Å². The van der Waals surface area contributed by atoms with Gasteiger partial charge in [0.2, 0.25) is 17.7 Å². The summed E-state index contributed by atoms with van der Waals surface area (Å²) in [4.78, 5) is 41.6. The van der Waals surface area contributed by atoms with Crippen LogP contribution in [0.2, 0.25) is 0 Å².